The lowest BCUT2D eigenvalue weighted by atomic mass is 10.1. The lowest BCUT2D eigenvalue weighted by Gasteiger charge is -2.10. The molecular weight excluding hydrogens is 254 g/mol. The molecule has 0 saturated carbocycles. The van der Waals surface area contributed by atoms with Crippen molar-refractivity contribution in [2.75, 3.05) is 19.8 Å². The first-order valence-electron chi connectivity index (χ1n) is 6.15. The van der Waals surface area contributed by atoms with Crippen LogP contribution in [0.3, 0.4) is 0 Å². The number of nitrogens with two attached hydrogens (primary N) is 1. The summed E-state index contributed by atoms with van der Waals surface area (Å²) in [4.78, 5) is 17.5. The smallest absolute Gasteiger partial charge is 0.253 e. The number of anilines is 1. The fourth-order valence-electron chi connectivity index (χ4n) is 1.74. The second-order valence-corrected chi connectivity index (χ2v) is 4.65. The molecule has 0 saturated heterocycles. The van der Waals surface area contributed by atoms with Gasteiger partial charge in [0.15, 0.2) is 0 Å². The van der Waals surface area contributed by atoms with Crippen molar-refractivity contribution in [3.8, 4) is 0 Å². The van der Waals surface area contributed by atoms with E-state index in [0.29, 0.717) is 11.5 Å². The zero-order valence-electron chi connectivity index (χ0n) is 11.7. The van der Waals surface area contributed by atoms with E-state index in [1.54, 1.807) is 38.6 Å². The first-order valence-corrected chi connectivity index (χ1v) is 6.15. The highest BCUT2D eigenvalue weighted by molar-refractivity contribution is 5.95. The van der Waals surface area contributed by atoms with Crippen molar-refractivity contribution >= 4 is 18.1 Å². The number of aromatic nitrogens is 2. The molecule has 0 bridgehead atoms. The molecule has 0 unspecified atom stereocenters. The highest BCUT2D eigenvalue weighted by atomic mass is 16.2. The number of rotatable bonds is 3. The molecule has 1 aromatic carbocycles. The maximum atomic E-state index is 11.9. The van der Waals surface area contributed by atoms with E-state index in [2.05, 4.69) is 10.1 Å². The predicted molar refractivity (Wildman–Crippen MR) is 78.8 cm³/mol. The van der Waals surface area contributed by atoms with Gasteiger partial charge in [-0.2, -0.15) is 5.10 Å². The number of nitrogen functional groups attached to an aromatic ring is 1. The van der Waals surface area contributed by atoms with Crippen molar-refractivity contribution in [3.63, 3.8) is 0 Å². The standard InChI is InChI=1S/C14H17N5O/c1-10-9-19(14(15)17-10)16-8-11-5-4-6-12(7-11)13(20)18(2)3/h4-9H,1-3H3,(H2,15,17). The third-order valence-electron chi connectivity index (χ3n) is 2.71. The highest BCUT2D eigenvalue weighted by Crippen LogP contribution is 2.07. The molecule has 0 aliphatic carbocycles. The van der Waals surface area contributed by atoms with Crippen molar-refractivity contribution in [2.24, 2.45) is 5.10 Å². The fraction of sp³-hybridized carbons (Fsp3) is 0.214. The van der Waals surface area contributed by atoms with Crippen molar-refractivity contribution < 1.29 is 4.79 Å². The number of carbonyl (C=O) groups excluding carboxylic acids is 1. The molecule has 1 amide bonds. The second-order valence-electron chi connectivity index (χ2n) is 4.65. The fourth-order valence-corrected chi connectivity index (χ4v) is 1.74. The molecule has 1 aromatic heterocycles. The molecule has 0 fully saturated rings. The van der Waals surface area contributed by atoms with Gasteiger partial charge in [-0.1, -0.05) is 12.1 Å². The van der Waals surface area contributed by atoms with Crippen LogP contribution in [0.4, 0.5) is 5.95 Å². The first-order chi connectivity index (χ1) is 9.47. The van der Waals surface area contributed by atoms with Crippen molar-refractivity contribution in [1.82, 2.24) is 14.6 Å². The maximum absolute atomic E-state index is 11.9. The molecular formula is C14H17N5O. The Balaban J connectivity index is 2.24. The number of benzene rings is 1. The molecule has 2 N–H and O–H groups in total. The molecule has 0 aliphatic heterocycles. The number of amides is 1. The van der Waals surface area contributed by atoms with Gasteiger partial charge in [-0.05, 0) is 24.6 Å². The van der Waals surface area contributed by atoms with Gasteiger partial charge >= 0.3 is 0 Å². The number of carbonyl (C=O) groups is 1. The summed E-state index contributed by atoms with van der Waals surface area (Å²) >= 11 is 0. The summed E-state index contributed by atoms with van der Waals surface area (Å²) in [5, 5.41) is 4.22. The van der Waals surface area contributed by atoms with E-state index >= 15 is 0 Å². The van der Waals surface area contributed by atoms with Crippen LogP contribution in [0.1, 0.15) is 21.6 Å². The molecule has 104 valence electrons. The minimum Gasteiger partial charge on any atom is -0.368 e. The van der Waals surface area contributed by atoms with Gasteiger partial charge in [-0.25, -0.2) is 9.66 Å². The number of nitrogens with zero attached hydrogens (tertiary/aromatic N) is 4. The van der Waals surface area contributed by atoms with Crippen LogP contribution in [0, 0.1) is 6.92 Å². The van der Waals surface area contributed by atoms with E-state index in [1.807, 2.05) is 19.1 Å². The lowest BCUT2D eigenvalue weighted by molar-refractivity contribution is 0.0827. The minimum absolute atomic E-state index is 0.0433. The molecule has 0 aliphatic rings. The Labute approximate surface area is 117 Å². The van der Waals surface area contributed by atoms with E-state index < -0.39 is 0 Å². The predicted octanol–water partition coefficient (Wildman–Crippen LogP) is 1.36. The monoisotopic (exact) mass is 271 g/mol. The van der Waals surface area contributed by atoms with Crippen LogP contribution in [-0.2, 0) is 0 Å². The van der Waals surface area contributed by atoms with Crippen LogP contribution in [0.5, 0.6) is 0 Å². The quantitative estimate of drug-likeness (QED) is 0.856. The lowest BCUT2D eigenvalue weighted by Crippen LogP contribution is -2.21. The highest BCUT2D eigenvalue weighted by Gasteiger charge is 2.07. The van der Waals surface area contributed by atoms with Gasteiger partial charge in [0.25, 0.3) is 5.91 Å². The summed E-state index contributed by atoms with van der Waals surface area (Å²) in [6.45, 7) is 1.85. The molecule has 0 spiro atoms. The van der Waals surface area contributed by atoms with Gasteiger partial charge < -0.3 is 10.6 Å². The number of hydrogen-bond acceptors (Lipinski definition) is 4. The largest absolute Gasteiger partial charge is 0.368 e. The third kappa shape index (κ3) is 3.03. The molecule has 1 heterocycles. The van der Waals surface area contributed by atoms with Gasteiger partial charge in [0.2, 0.25) is 5.95 Å². The topological polar surface area (TPSA) is 76.5 Å². The Morgan fingerprint density at radius 2 is 2.20 bits per heavy atom. The van der Waals surface area contributed by atoms with E-state index in [1.165, 1.54) is 9.58 Å². The Hall–Kier alpha value is -2.63. The summed E-state index contributed by atoms with van der Waals surface area (Å²) < 4.78 is 1.50. The second kappa shape index (κ2) is 5.56. The van der Waals surface area contributed by atoms with Crippen LogP contribution in [0.15, 0.2) is 35.6 Å². The van der Waals surface area contributed by atoms with Gasteiger partial charge in [-0.15, -0.1) is 0 Å². The Morgan fingerprint density at radius 1 is 1.45 bits per heavy atom. The van der Waals surface area contributed by atoms with Crippen molar-refractivity contribution in [2.45, 2.75) is 6.92 Å². The number of imidazole rings is 1. The summed E-state index contributed by atoms with van der Waals surface area (Å²) in [7, 11) is 3.44. The molecule has 0 radical (unpaired) electrons. The van der Waals surface area contributed by atoms with Crippen LogP contribution in [0.2, 0.25) is 0 Å². The van der Waals surface area contributed by atoms with Crippen LogP contribution < -0.4 is 5.73 Å². The maximum Gasteiger partial charge on any atom is 0.253 e. The molecule has 2 aromatic rings. The van der Waals surface area contributed by atoms with Crippen LogP contribution in [-0.4, -0.2) is 40.8 Å². The number of aryl methyl sites for hydroxylation is 1. The first kappa shape index (κ1) is 13.8. The van der Waals surface area contributed by atoms with Gasteiger partial charge in [0.1, 0.15) is 0 Å². The van der Waals surface area contributed by atoms with Crippen molar-refractivity contribution in [3.05, 3.63) is 47.3 Å². The Bertz CT molecular complexity index is 657. The average Bonchev–Trinajstić information content (AvgIpc) is 2.74. The minimum atomic E-state index is -0.0433. The van der Waals surface area contributed by atoms with E-state index in [4.69, 9.17) is 5.73 Å². The summed E-state index contributed by atoms with van der Waals surface area (Å²) in [6, 6.07) is 7.25. The van der Waals surface area contributed by atoms with Gasteiger partial charge in [0, 0.05) is 19.7 Å². The van der Waals surface area contributed by atoms with Gasteiger partial charge in [0.05, 0.1) is 18.1 Å². The molecule has 6 heteroatoms. The average molecular weight is 271 g/mol. The Morgan fingerprint density at radius 3 is 2.80 bits per heavy atom. The summed E-state index contributed by atoms with van der Waals surface area (Å²) in [5.74, 6) is 0.289. The van der Waals surface area contributed by atoms with Gasteiger partial charge in [-0.3, -0.25) is 4.79 Å². The zero-order chi connectivity index (χ0) is 14.7. The van der Waals surface area contributed by atoms with Crippen LogP contribution in [0.25, 0.3) is 0 Å². The van der Waals surface area contributed by atoms with E-state index in [0.717, 1.165) is 11.3 Å². The normalized spacial score (nSPS) is 10.9. The Kier molecular flexibility index (Phi) is 3.84. The zero-order valence-corrected chi connectivity index (χ0v) is 11.7. The molecule has 2 rings (SSSR count). The van der Waals surface area contributed by atoms with E-state index in [9.17, 15) is 4.79 Å². The number of hydrogen-bond donors (Lipinski definition) is 1. The van der Waals surface area contributed by atoms with Crippen LogP contribution >= 0.6 is 0 Å². The summed E-state index contributed by atoms with van der Waals surface area (Å²) in [5.41, 5.74) is 7.94. The SMILES string of the molecule is Cc1cn(N=Cc2cccc(C(=O)N(C)C)c2)c(N)n1. The molecule has 20 heavy (non-hydrogen) atoms. The third-order valence-corrected chi connectivity index (χ3v) is 2.71. The summed E-state index contributed by atoms with van der Waals surface area (Å²) in [6.07, 6.45) is 3.38. The molecule has 6 nitrogen and oxygen atoms in total. The van der Waals surface area contributed by atoms with Crippen molar-refractivity contribution in [1.29, 1.82) is 0 Å². The van der Waals surface area contributed by atoms with E-state index in [-0.39, 0.29) is 5.91 Å². The molecule has 0 atom stereocenters.